The molecule has 2 aliphatic rings. The molecule has 0 saturated carbocycles. The first-order valence-electron chi connectivity index (χ1n) is 9.73. The number of amidine groups is 1. The highest BCUT2D eigenvalue weighted by atomic mass is 35.5. The van der Waals surface area contributed by atoms with E-state index >= 15 is 0 Å². The number of amides is 1. The van der Waals surface area contributed by atoms with Gasteiger partial charge in [-0.25, -0.2) is 4.99 Å². The standard InChI is InChI=1S/C24H18ClN3OS2/c1-27-19-12-5-6-13-20(19)30-23(27)21-22(29)28(15-16-8-3-2-4-9-16)24(31-21)26-18-11-7-10-17(25)14-18/h2-14H,15H2,1H3/b23-21+,26-24?. The van der Waals surface area contributed by atoms with E-state index in [4.69, 9.17) is 16.6 Å². The van der Waals surface area contributed by atoms with Gasteiger partial charge in [0.2, 0.25) is 0 Å². The van der Waals surface area contributed by atoms with Gasteiger partial charge >= 0.3 is 0 Å². The summed E-state index contributed by atoms with van der Waals surface area (Å²) in [4.78, 5) is 24.0. The molecule has 5 rings (SSSR count). The molecule has 0 atom stereocenters. The molecule has 0 bridgehead atoms. The molecule has 0 aliphatic carbocycles. The summed E-state index contributed by atoms with van der Waals surface area (Å²) < 4.78 is 0. The Balaban J connectivity index is 1.56. The average molecular weight is 464 g/mol. The number of aliphatic imine (C=N–C) groups is 1. The average Bonchev–Trinajstić information content (AvgIpc) is 3.26. The lowest BCUT2D eigenvalue weighted by Gasteiger charge is -2.16. The van der Waals surface area contributed by atoms with Crippen LogP contribution in [0.15, 0.2) is 98.7 Å². The zero-order valence-electron chi connectivity index (χ0n) is 16.7. The normalized spacial score (nSPS) is 19.4. The minimum atomic E-state index is -0.0308. The molecule has 0 aromatic heterocycles. The fraction of sp³-hybridized carbons (Fsp3) is 0.0833. The van der Waals surface area contributed by atoms with E-state index < -0.39 is 0 Å². The number of carbonyl (C=O) groups excluding carboxylic acids is 1. The second-order valence-corrected chi connectivity index (χ2v) is 9.56. The fourth-order valence-electron chi connectivity index (χ4n) is 3.48. The molecule has 2 heterocycles. The molecular weight excluding hydrogens is 446 g/mol. The van der Waals surface area contributed by atoms with Crippen LogP contribution in [0, 0.1) is 0 Å². The second kappa shape index (κ2) is 8.46. The quantitative estimate of drug-likeness (QED) is 0.414. The Hall–Kier alpha value is -2.67. The van der Waals surface area contributed by atoms with Crippen LogP contribution in [0.25, 0.3) is 0 Å². The lowest BCUT2D eigenvalue weighted by atomic mass is 10.2. The van der Waals surface area contributed by atoms with Gasteiger partial charge in [0.05, 0.1) is 22.9 Å². The number of benzene rings is 3. The van der Waals surface area contributed by atoms with Crippen LogP contribution in [-0.2, 0) is 11.3 Å². The van der Waals surface area contributed by atoms with Crippen LogP contribution < -0.4 is 4.90 Å². The molecule has 31 heavy (non-hydrogen) atoms. The Morgan fingerprint density at radius 1 is 0.935 bits per heavy atom. The van der Waals surface area contributed by atoms with Crippen LogP contribution in [0.1, 0.15) is 5.56 Å². The predicted molar refractivity (Wildman–Crippen MR) is 131 cm³/mol. The summed E-state index contributed by atoms with van der Waals surface area (Å²) in [6.45, 7) is 0.462. The van der Waals surface area contributed by atoms with Crippen LogP contribution in [0.5, 0.6) is 0 Å². The summed E-state index contributed by atoms with van der Waals surface area (Å²) >= 11 is 9.20. The van der Waals surface area contributed by atoms with Gasteiger partial charge in [0.15, 0.2) is 5.17 Å². The summed E-state index contributed by atoms with van der Waals surface area (Å²) in [6, 6.07) is 25.5. The van der Waals surface area contributed by atoms with Crippen LogP contribution in [0.2, 0.25) is 5.02 Å². The monoisotopic (exact) mass is 463 g/mol. The molecule has 3 aromatic carbocycles. The third kappa shape index (κ3) is 3.99. The number of hydrogen-bond donors (Lipinski definition) is 0. The second-order valence-electron chi connectivity index (χ2n) is 7.12. The largest absolute Gasteiger partial charge is 0.337 e. The molecule has 2 aliphatic heterocycles. The van der Waals surface area contributed by atoms with Gasteiger partial charge in [0.25, 0.3) is 5.91 Å². The van der Waals surface area contributed by atoms with E-state index in [-0.39, 0.29) is 5.91 Å². The summed E-state index contributed by atoms with van der Waals surface area (Å²) in [5.41, 5.74) is 2.89. The molecule has 4 nitrogen and oxygen atoms in total. The summed E-state index contributed by atoms with van der Waals surface area (Å²) in [5, 5.41) is 2.21. The molecule has 0 radical (unpaired) electrons. The van der Waals surface area contributed by atoms with E-state index in [1.165, 1.54) is 11.8 Å². The lowest BCUT2D eigenvalue weighted by molar-refractivity contribution is -0.122. The zero-order chi connectivity index (χ0) is 21.4. The molecule has 1 fully saturated rings. The Bertz CT molecular complexity index is 1230. The highest BCUT2D eigenvalue weighted by molar-refractivity contribution is 8.19. The highest BCUT2D eigenvalue weighted by Gasteiger charge is 2.39. The van der Waals surface area contributed by atoms with Crippen molar-refractivity contribution >= 4 is 57.6 Å². The van der Waals surface area contributed by atoms with Gasteiger partial charge in [-0.05, 0) is 47.7 Å². The van der Waals surface area contributed by atoms with Crippen molar-refractivity contribution in [3.63, 3.8) is 0 Å². The number of rotatable bonds is 3. The van der Waals surface area contributed by atoms with Crippen LogP contribution >= 0.6 is 35.1 Å². The van der Waals surface area contributed by atoms with Gasteiger partial charge in [-0.1, -0.05) is 71.9 Å². The molecule has 0 spiro atoms. The van der Waals surface area contributed by atoms with Crippen molar-refractivity contribution in [2.75, 3.05) is 11.9 Å². The Kier molecular flexibility index (Phi) is 5.52. The van der Waals surface area contributed by atoms with Crippen molar-refractivity contribution in [2.45, 2.75) is 11.4 Å². The van der Waals surface area contributed by atoms with Crippen LogP contribution in [0.4, 0.5) is 11.4 Å². The predicted octanol–water partition coefficient (Wildman–Crippen LogP) is 6.51. The lowest BCUT2D eigenvalue weighted by Crippen LogP contribution is -2.29. The van der Waals surface area contributed by atoms with E-state index in [2.05, 4.69) is 17.0 Å². The van der Waals surface area contributed by atoms with E-state index in [0.717, 1.165) is 26.9 Å². The van der Waals surface area contributed by atoms with Gasteiger partial charge in [0.1, 0.15) is 4.91 Å². The van der Waals surface area contributed by atoms with E-state index in [0.29, 0.717) is 21.6 Å². The number of nitrogens with zero attached hydrogens (tertiary/aromatic N) is 3. The molecule has 7 heteroatoms. The van der Waals surface area contributed by atoms with E-state index in [1.807, 2.05) is 67.7 Å². The summed E-state index contributed by atoms with van der Waals surface area (Å²) in [7, 11) is 2.00. The molecular formula is C24H18ClN3OS2. The van der Waals surface area contributed by atoms with Gasteiger partial charge in [0, 0.05) is 17.0 Å². The zero-order valence-corrected chi connectivity index (χ0v) is 19.0. The van der Waals surface area contributed by atoms with E-state index in [9.17, 15) is 4.79 Å². The maximum absolute atomic E-state index is 13.6. The number of para-hydroxylation sites is 1. The maximum Gasteiger partial charge on any atom is 0.269 e. The van der Waals surface area contributed by atoms with Gasteiger partial charge in [-0.15, -0.1) is 0 Å². The van der Waals surface area contributed by atoms with Crippen LogP contribution in [0.3, 0.4) is 0 Å². The first-order chi connectivity index (χ1) is 15.1. The number of hydrogen-bond acceptors (Lipinski definition) is 5. The fourth-order valence-corrected chi connectivity index (χ4v) is 6.01. The first-order valence-corrected chi connectivity index (χ1v) is 11.7. The summed E-state index contributed by atoms with van der Waals surface area (Å²) in [6.07, 6.45) is 0. The van der Waals surface area contributed by atoms with Crippen molar-refractivity contribution in [1.82, 2.24) is 4.90 Å². The third-order valence-corrected chi connectivity index (χ3v) is 7.68. The molecule has 0 unspecified atom stereocenters. The van der Waals surface area contributed by atoms with Gasteiger partial charge in [-0.3, -0.25) is 9.69 Å². The number of anilines is 1. The third-order valence-electron chi connectivity index (χ3n) is 5.01. The molecule has 1 saturated heterocycles. The number of thioether (sulfide) groups is 2. The van der Waals surface area contributed by atoms with Gasteiger partial charge < -0.3 is 4.90 Å². The summed E-state index contributed by atoms with van der Waals surface area (Å²) in [5.74, 6) is -0.0308. The molecule has 154 valence electrons. The molecule has 0 N–H and O–H groups in total. The highest BCUT2D eigenvalue weighted by Crippen LogP contribution is 2.50. The number of fused-ring (bicyclic) bond motifs is 1. The maximum atomic E-state index is 13.6. The smallest absolute Gasteiger partial charge is 0.269 e. The number of carbonyl (C=O) groups is 1. The first kappa shape index (κ1) is 20.2. The van der Waals surface area contributed by atoms with Crippen molar-refractivity contribution in [2.24, 2.45) is 4.99 Å². The molecule has 3 aromatic rings. The van der Waals surface area contributed by atoms with Crippen LogP contribution in [-0.4, -0.2) is 23.0 Å². The van der Waals surface area contributed by atoms with E-state index in [1.54, 1.807) is 22.7 Å². The van der Waals surface area contributed by atoms with Gasteiger partial charge in [-0.2, -0.15) is 0 Å². The SMILES string of the molecule is CN1/C(=C2\SC(=Nc3cccc(Cl)c3)N(Cc3ccccc3)C2=O)Sc2ccccc21. The number of halogens is 1. The topological polar surface area (TPSA) is 35.9 Å². The minimum absolute atomic E-state index is 0.0308. The minimum Gasteiger partial charge on any atom is -0.337 e. The molecule has 1 amide bonds. The van der Waals surface area contributed by atoms with Crippen molar-refractivity contribution in [1.29, 1.82) is 0 Å². The van der Waals surface area contributed by atoms with Crippen molar-refractivity contribution in [3.8, 4) is 0 Å². The van der Waals surface area contributed by atoms with Crippen molar-refractivity contribution in [3.05, 3.63) is 99.4 Å². The Morgan fingerprint density at radius 2 is 1.71 bits per heavy atom. The Morgan fingerprint density at radius 3 is 2.48 bits per heavy atom. The van der Waals surface area contributed by atoms with Crippen molar-refractivity contribution < 1.29 is 4.79 Å². The Labute approximate surface area is 194 Å².